The molecule has 32 heavy (non-hydrogen) atoms. The van der Waals surface area contributed by atoms with E-state index < -0.39 is 0 Å². The van der Waals surface area contributed by atoms with Gasteiger partial charge in [-0.05, 0) is 66.9 Å². The molecule has 2 aromatic rings. The van der Waals surface area contributed by atoms with Crippen molar-refractivity contribution in [1.82, 2.24) is 15.1 Å². The van der Waals surface area contributed by atoms with E-state index in [0.717, 1.165) is 75.5 Å². The van der Waals surface area contributed by atoms with Gasteiger partial charge < -0.3 is 20.0 Å². The summed E-state index contributed by atoms with van der Waals surface area (Å²) >= 11 is 0. The molecule has 170 valence electrons. The highest BCUT2D eigenvalue weighted by atomic mass is 16.2. The number of rotatable bonds is 7. The van der Waals surface area contributed by atoms with Crippen molar-refractivity contribution in [1.29, 1.82) is 0 Å². The van der Waals surface area contributed by atoms with E-state index >= 15 is 0 Å². The zero-order valence-electron chi connectivity index (χ0n) is 19.3. The Balaban J connectivity index is 1.26. The monoisotopic (exact) mass is 434 g/mol. The quantitative estimate of drug-likeness (QED) is 0.681. The SMILES string of the molecule is CCN1CCN(CCCNC(=O)c2ccc(-c3ccc4c(c3)CCN4C(C)=O)cc2)CC1. The molecule has 0 aromatic heterocycles. The van der Waals surface area contributed by atoms with Crippen LogP contribution in [-0.2, 0) is 11.2 Å². The molecule has 2 amide bonds. The Morgan fingerprint density at radius 3 is 2.28 bits per heavy atom. The summed E-state index contributed by atoms with van der Waals surface area (Å²) in [5, 5.41) is 3.05. The predicted octanol–water partition coefficient (Wildman–Crippen LogP) is 3.02. The molecule has 2 aromatic carbocycles. The fourth-order valence-corrected chi connectivity index (χ4v) is 4.66. The van der Waals surface area contributed by atoms with E-state index in [1.54, 1.807) is 6.92 Å². The van der Waals surface area contributed by atoms with E-state index in [2.05, 4.69) is 34.2 Å². The van der Waals surface area contributed by atoms with Crippen LogP contribution in [0.5, 0.6) is 0 Å². The van der Waals surface area contributed by atoms with Gasteiger partial charge in [-0.3, -0.25) is 9.59 Å². The first kappa shape index (κ1) is 22.5. The number of amides is 2. The number of nitrogens with zero attached hydrogens (tertiary/aromatic N) is 3. The van der Waals surface area contributed by atoms with Gasteiger partial charge in [0.05, 0.1) is 0 Å². The van der Waals surface area contributed by atoms with Crippen molar-refractivity contribution in [3.8, 4) is 11.1 Å². The molecule has 0 bridgehead atoms. The number of likely N-dealkylation sites (N-methyl/N-ethyl adjacent to an activating group) is 1. The topological polar surface area (TPSA) is 55.9 Å². The third-order valence-electron chi connectivity index (χ3n) is 6.68. The first-order valence-electron chi connectivity index (χ1n) is 11.8. The molecule has 0 unspecified atom stereocenters. The van der Waals surface area contributed by atoms with Crippen LogP contribution in [0.3, 0.4) is 0 Å². The number of anilines is 1. The summed E-state index contributed by atoms with van der Waals surface area (Å²) in [6.07, 6.45) is 1.86. The van der Waals surface area contributed by atoms with Gasteiger partial charge in [0.2, 0.25) is 5.91 Å². The van der Waals surface area contributed by atoms with Gasteiger partial charge in [0.15, 0.2) is 0 Å². The van der Waals surface area contributed by atoms with Crippen LogP contribution in [0.15, 0.2) is 42.5 Å². The molecule has 2 aliphatic rings. The van der Waals surface area contributed by atoms with Crippen molar-refractivity contribution in [3.05, 3.63) is 53.6 Å². The van der Waals surface area contributed by atoms with E-state index in [4.69, 9.17) is 0 Å². The Hall–Kier alpha value is -2.70. The minimum Gasteiger partial charge on any atom is -0.352 e. The second kappa shape index (κ2) is 10.3. The molecule has 4 rings (SSSR count). The molecule has 1 N–H and O–H groups in total. The van der Waals surface area contributed by atoms with Crippen molar-refractivity contribution in [2.75, 3.05) is 57.3 Å². The van der Waals surface area contributed by atoms with E-state index in [0.29, 0.717) is 12.1 Å². The molecule has 1 saturated heterocycles. The van der Waals surface area contributed by atoms with Crippen LogP contribution < -0.4 is 10.2 Å². The maximum Gasteiger partial charge on any atom is 0.251 e. The van der Waals surface area contributed by atoms with Crippen LogP contribution in [0.2, 0.25) is 0 Å². The number of nitrogens with one attached hydrogen (secondary N) is 1. The highest BCUT2D eigenvalue weighted by Gasteiger charge is 2.22. The van der Waals surface area contributed by atoms with Crippen LogP contribution in [0.1, 0.15) is 36.2 Å². The Morgan fingerprint density at radius 1 is 0.906 bits per heavy atom. The van der Waals surface area contributed by atoms with Gasteiger partial charge in [-0.15, -0.1) is 0 Å². The summed E-state index contributed by atoms with van der Waals surface area (Å²) in [7, 11) is 0. The Bertz CT molecular complexity index is 949. The van der Waals surface area contributed by atoms with Gasteiger partial charge >= 0.3 is 0 Å². The zero-order valence-corrected chi connectivity index (χ0v) is 19.3. The molecule has 0 saturated carbocycles. The van der Waals surface area contributed by atoms with Crippen molar-refractivity contribution < 1.29 is 9.59 Å². The Labute approximate surface area is 191 Å². The average Bonchev–Trinajstić information content (AvgIpc) is 3.26. The molecule has 2 heterocycles. The first-order chi connectivity index (χ1) is 15.5. The molecular formula is C26H34N4O2. The van der Waals surface area contributed by atoms with E-state index in [1.807, 2.05) is 35.2 Å². The summed E-state index contributed by atoms with van der Waals surface area (Å²) in [6.45, 7) is 12.0. The lowest BCUT2D eigenvalue weighted by Gasteiger charge is -2.33. The lowest BCUT2D eigenvalue weighted by Crippen LogP contribution is -2.46. The summed E-state index contributed by atoms with van der Waals surface area (Å²) in [6, 6.07) is 14.0. The Kier molecular flexibility index (Phi) is 7.22. The minimum atomic E-state index is -0.0154. The van der Waals surface area contributed by atoms with Crippen molar-refractivity contribution in [2.45, 2.75) is 26.7 Å². The number of hydrogen-bond acceptors (Lipinski definition) is 4. The van der Waals surface area contributed by atoms with E-state index in [9.17, 15) is 9.59 Å². The van der Waals surface area contributed by atoms with Crippen molar-refractivity contribution >= 4 is 17.5 Å². The molecule has 6 nitrogen and oxygen atoms in total. The van der Waals surface area contributed by atoms with Gasteiger partial charge in [-0.1, -0.05) is 25.1 Å². The van der Waals surface area contributed by atoms with Crippen molar-refractivity contribution in [2.24, 2.45) is 0 Å². The lowest BCUT2D eigenvalue weighted by atomic mass is 10.0. The largest absolute Gasteiger partial charge is 0.352 e. The molecule has 0 radical (unpaired) electrons. The van der Waals surface area contributed by atoms with Gasteiger partial charge in [0.1, 0.15) is 0 Å². The van der Waals surface area contributed by atoms with Crippen LogP contribution >= 0.6 is 0 Å². The third-order valence-corrected chi connectivity index (χ3v) is 6.68. The number of fused-ring (bicyclic) bond motifs is 1. The van der Waals surface area contributed by atoms with Crippen molar-refractivity contribution in [3.63, 3.8) is 0 Å². The second-order valence-electron chi connectivity index (χ2n) is 8.73. The summed E-state index contributed by atoms with van der Waals surface area (Å²) in [4.78, 5) is 31.1. The van der Waals surface area contributed by atoms with Crippen LogP contribution in [0.4, 0.5) is 5.69 Å². The number of carbonyl (C=O) groups is 2. The number of benzene rings is 2. The normalized spacial score (nSPS) is 16.8. The molecule has 1 fully saturated rings. The standard InChI is InChI=1S/C26H34N4O2/c1-3-28-15-17-29(18-16-28)13-4-12-27-26(32)22-7-5-21(6-8-22)23-9-10-25-24(19-23)11-14-30(25)20(2)31/h5-10,19H,3-4,11-18H2,1-2H3,(H,27,32). The molecule has 6 heteroatoms. The molecule has 0 spiro atoms. The summed E-state index contributed by atoms with van der Waals surface area (Å²) in [5.74, 6) is 0.0735. The molecule has 0 aliphatic carbocycles. The number of hydrogen-bond donors (Lipinski definition) is 1. The average molecular weight is 435 g/mol. The predicted molar refractivity (Wildman–Crippen MR) is 129 cm³/mol. The summed E-state index contributed by atoms with van der Waals surface area (Å²) < 4.78 is 0. The second-order valence-corrected chi connectivity index (χ2v) is 8.73. The zero-order chi connectivity index (χ0) is 22.5. The number of carbonyl (C=O) groups excluding carboxylic acids is 2. The third kappa shape index (κ3) is 5.19. The van der Waals surface area contributed by atoms with Crippen LogP contribution in [0.25, 0.3) is 11.1 Å². The maximum absolute atomic E-state index is 12.5. The maximum atomic E-state index is 12.5. The minimum absolute atomic E-state index is 0.0154. The highest BCUT2D eigenvalue weighted by molar-refractivity contribution is 5.95. The molecular weight excluding hydrogens is 400 g/mol. The van der Waals surface area contributed by atoms with Crippen LogP contribution in [-0.4, -0.2) is 74.0 Å². The Morgan fingerprint density at radius 2 is 1.59 bits per heavy atom. The van der Waals surface area contributed by atoms with Gasteiger partial charge in [-0.25, -0.2) is 0 Å². The molecule has 2 aliphatic heterocycles. The van der Waals surface area contributed by atoms with Gasteiger partial charge in [0, 0.05) is 57.4 Å². The lowest BCUT2D eigenvalue weighted by molar-refractivity contribution is -0.116. The van der Waals surface area contributed by atoms with Gasteiger partial charge in [0.25, 0.3) is 5.91 Å². The van der Waals surface area contributed by atoms with E-state index in [-0.39, 0.29) is 11.8 Å². The van der Waals surface area contributed by atoms with Gasteiger partial charge in [-0.2, -0.15) is 0 Å². The smallest absolute Gasteiger partial charge is 0.251 e. The highest BCUT2D eigenvalue weighted by Crippen LogP contribution is 2.32. The first-order valence-corrected chi connectivity index (χ1v) is 11.8. The van der Waals surface area contributed by atoms with Crippen LogP contribution in [0, 0.1) is 0 Å². The van der Waals surface area contributed by atoms with E-state index in [1.165, 1.54) is 5.56 Å². The summed E-state index contributed by atoms with van der Waals surface area (Å²) in [5.41, 5.74) is 5.11. The molecule has 0 atom stereocenters. The fourth-order valence-electron chi connectivity index (χ4n) is 4.66. The fraction of sp³-hybridized carbons (Fsp3) is 0.462. The number of piperazine rings is 1.